The van der Waals surface area contributed by atoms with Crippen molar-refractivity contribution in [1.82, 2.24) is 5.32 Å². The Hall–Kier alpha value is -1.19. The van der Waals surface area contributed by atoms with Gasteiger partial charge in [-0.3, -0.25) is 0 Å². The van der Waals surface area contributed by atoms with Crippen LogP contribution in [0.3, 0.4) is 0 Å². The second kappa shape index (κ2) is 6.66. The molecule has 0 spiro atoms. The second-order valence-electron chi connectivity index (χ2n) is 4.01. The molecule has 0 saturated carbocycles. The molecular formula is C15H19NOS. The Morgan fingerprint density at radius 2 is 1.94 bits per heavy atom. The lowest BCUT2D eigenvalue weighted by Crippen LogP contribution is -2.21. The highest BCUT2D eigenvalue weighted by Gasteiger charge is 2.15. The molecule has 1 heterocycles. The zero-order chi connectivity index (χ0) is 12.8. The molecule has 2 rings (SSSR count). The highest BCUT2D eigenvalue weighted by molar-refractivity contribution is 7.99. The van der Waals surface area contributed by atoms with Crippen molar-refractivity contribution in [3.63, 3.8) is 0 Å². The van der Waals surface area contributed by atoms with Crippen molar-refractivity contribution < 1.29 is 4.42 Å². The number of thioether (sulfide) groups is 1. The van der Waals surface area contributed by atoms with E-state index in [1.54, 1.807) is 6.26 Å². The quantitative estimate of drug-likeness (QED) is 0.793. The van der Waals surface area contributed by atoms with E-state index < -0.39 is 0 Å². The number of furan rings is 1. The molecule has 0 aliphatic heterocycles. The van der Waals surface area contributed by atoms with Gasteiger partial charge in [-0.05, 0) is 42.1 Å². The lowest BCUT2D eigenvalue weighted by molar-refractivity contribution is 0.452. The lowest BCUT2D eigenvalue weighted by atomic mass is 10.0. The molecule has 1 unspecified atom stereocenters. The molecule has 0 bridgehead atoms. The van der Waals surface area contributed by atoms with Crippen LogP contribution in [-0.2, 0) is 0 Å². The van der Waals surface area contributed by atoms with Crippen molar-refractivity contribution in [2.75, 3.05) is 12.3 Å². The molecule has 18 heavy (non-hydrogen) atoms. The molecule has 2 nitrogen and oxygen atoms in total. The molecule has 1 aromatic carbocycles. The molecule has 0 aliphatic carbocycles. The van der Waals surface area contributed by atoms with Crippen LogP contribution in [0.2, 0.25) is 0 Å². The van der Waals surface area contributed by atoms with Gasteiger partial charge in [0.15, 0.2) is 0 Å². The van der Waals surface area contributed by atoms with Crippen molar-refractivity contribution in [1.29, 1.82) is 0 Å². The topological polar surface area (TPSA) is 25.2 Å². The first-order valence-electron chi connectivity index (χ1n) is 6.34. The number of rotatable bonds is 6. The highest BCUT2D eigenvalue weighted by Crippen LogP contribution is 2.25. The average Bonchev–Trinajstić information content (AvgIpc) is 2.91. The minimum absolute atomic E-state index is 0.144. The zero-order valence-electron chi connectivity index (χ0n) is 10.8. The van der Waals surface area contributed by atoms with Crippen LogP contribution in [0.15, 0.2) is 52.0 Å². The summed E-state index contributed by atoms with van der Waals surface area (Å²) in [4.78, 5) is 1.32. The second-order valence-corrected chi connectivity index (χ2v) is 5.35. The SMILES string of the molecule is CCNC(c1ccc(SCC)cc1)c1ccco1. The van der Waals surface area contributed by atoms with Crippen molar-refractivity contribution >= 4 is 11.8 Å². The molecule has 0 aliphatic rings. The Balaban J connectivity index is 2.20. The molecule has 1 aromatic heterocycles. The summed E-state index contributed by atoms with van der Waals surface area (Å²) >= 11 is 1.86. The number of benzene rings is 1. The van der Waals surface area contributed by atoms with E-state index in [1.165, 1.54) is 10.5 Å². The fourth-order valence-electron chi connectivity index (χ4n) is 1.97. The summed E-state index contributed by atoms with van der Waals surface area (Å²) < 4.78 is 5.51. The summed E-state index contributed by atoms with van der Waals surface area (Å²) in [6.07, 6.45) is 1.72. The first-order valence-corrected chi connectivity index (χ1v) is 7.33. The van der Waals surface area contributed by atoms with Crippen LogP contribution in [0.4, 0.5) is 0 Å². The summed E-state index contributed by atoms with van der Waals surface area (Å²) in [5, 5.41) is 3.45. The third-order valence-corrected chi connectivity index (χ3v) is 3.65. The third-order valence-electron chi connectivity index (χ3n) is 2.76. The third kappa shape index (κ3) is 3.18. The van der Waals surface area contributed by atoms with Gasteiger partial charge in [0.1, 0.15) is 5.76 Å². The Morgan fingerprint density at radius 3 is 2.50 bits per heavy atom. The smallest absolute Gasteiger partial charge is 0.125 e. The maximum absolute atomic E-state index is 5.51. The van der Waals surface area contributed by atoms with E-state index >= 15 is 0 Å². The number of hydrogen-bond acceptors (Lipinski definition) is 3. The molecule has 0 fully saturated rings. The van der Waals surface area contributed by atoms with Crippen molar-refractivity contribution in [3.8, 4) is 0 Å². The van der Waals surface area contributed by atoms with Crippen LogP contribution in [0.5, 0.6) is 0 Å². The molecule has 1 atom stereocenters. The Labute approximate surface area is 113 Å². The number of nitrogens with one attached hydrogen (secondary N) is 1. The predicted molar refractivity (Wildman–Crippen MR) is 77.1 cm³/mol. The minimum atomic E-state index is 0.144. The van der Waals surface area contributed by atoms with Crippen LogP contribution >= 0.6 is 11.8 Å². The van der Waals surface area contributed by atoms with Crippen molar-refractivity contribution in [3.05, 3.63) is 54.0 Å². The Kier molecular flexibility index (Phi) is 4.90. The summed E-state index contributed by atoms with van der Waals surface area (Å²) in [5.74, 6) is 2.07. The largest absolute Gasteiger partial charge is 0.467 e. The van der Waals surface area contributed by atoms with Gasteiger partial charge in [-0.25, -0.2) is 0 Å². The van der Waals surface area contributed by atoms with E-state index in [-0.39, 0.29) is 6.04 Å². The van der Waals surface area contributed by atoms with E-state index in [9.17, 15) is 0 Å². The highest BCUT2D eigenvalue weighted by atomic mass is 32.2. The van der Waals surface area contributed by atoms with E-state index in [0.717, 1.165) is 18.1 Å². The Bertz CT molecular complexity index is 450. The maximum Gasteiger partial charge on any atom is 0.125 e. The molecule has 1 N–H and O–H groups in total. The van der Waals surface area contributed by atoms with E-state index in [0.29, 0.717) is 0 Å². The van der Waals surface area contributed by atoms with Crippen LogP contribution < -0.4 is 5.32 Å². The monoisotopic (exact) mass is 261 g/mol. The van der Waals surface area contributed by atoms with Gasteiger partial charge >= 0.3 is 0 Å². The summed E-state index contributed by atoms with van der Waals surface area (Å²) in [6, 6.07) is 12.8. The van der Waals surface area contributed by atoms with Gasteiger partial charge in [0.2, 0.25) is 0 Å². The van der Waals surface area contributed by atoms with Crippen LogP contribution in [0.1, 0.15) is 31.2 Å². The maximum atomic E-state index is 5.51. The van der Waals surface area contributed by atoms with Gasteiger partial charge in [-0.2, -0.15) is 0 Å². The van der Waals surface area contributed by atoms with Crippen molar-refractivity contribution in [2.45, 2.75) is 24.8 Å². The van der Waals surface area contributed by atoms with Crippen LogP contribution in [0.25, 0.3) is 0 Å². The summed E-state index contributed by atoms with van der Waals surface area (Å²) in [6.45, 7) is 5.19. The first-order chi connectivity index (χ1) is 8.85. The predicted octanol–water partition coefficient (Wildman–Crippen LogP) is 4.09. The summed E-state index contributed by atoms with van der Waals surface area (Å²) in [7, 11) is 0. The number of hydrogen-bond donors (Lipinski definition) is 1. The van der Waals surface area contributed by atoms with Crippen LogP contribution in [-0.4, -0.2) is 12.3 Å². The van der Waals surface area contributed by atoms with Gasteiger partial charge in [-0.15, -0.1) is 11.8 Å². The average molecular weight is 261 g/mol. The fourth-order valence-corrected chi connectivity index (χ4v) is 2.63. The molecule has 96 valence electrons. The Morgan fingerprint density at radius 1 is 1.17 bits per heavy atom. The fraction of sp³-hybridized carbons (Fsp3) is 0.333. The lowest BCUT2D eigenvalue weighted by Gasteiger charge is -2.16. The molecule has 3 heteroatoms. The molecule has 0 amide bonds. The normalized spacial score (nSPS) is 12.6. The van der Waals surface area contributed by atoms with Crippen LogP contribution in [0, 0.1) is 0 Å². The van der Waals surface area contributed by atoms with Gasteiger partial charge in [0.25, 0.3) is 0 Å². The van der Waals surface area contributed by atoms with Gasteiger partial charge in [0, 0.05) is 4.90 Å². The summed E-state index contributed by atoms with van der Waals surface area (Å²) in [5.41, 5.74) is 1.24. The van der Waals surface area contributed by atoms with Gasteiger partial charge in [0.05, 0.1) is 12.3 Å². The molecule has 0 radical (unpaired) electrons. The van der Waals surface area contributed by atoms with E-state index in [2.05, 4.69) is 43.4 Å². The standard InChI is InChI=1S/C15H19NOS/c1-3-16-15(14-6-5-11-17-14)12-7-9-13(10-8-12)18-4-2/h5-11,15-16H,3-4H2,1-2H3. The molecule has 2 aromatic rings. The molecular weight excluding hydrogens is 242 g/mol. The van der Waals surface area contributed by atoms with E-state index in [4.69, 9.17) is 4.42 Å². The van der Waals surface area contributed by atoms with E-state index in [1.807, 2.05) is 23.9 Å². The first kappa shape index (κ1) is 13.2. The zero-order valence-corrected chi connectivity index (χ0v) is 11.7. The minimum Gasteiger partial charge on any atom is -0.467 e. The molecule has 0 saturated heterocycles. The van der Waals surface area contributed by atoms with Crippen molar-refractivity contribution in [2.24, 2.45) is 0 Å². The van der Waals surface area contributed by atoms with Gasteiger partial charge in [-0.1, -0.05) is 26.0 Å². The van der Waals surface area contributed by atoms with Gasteiger partial charge < -0.3 is 9.73 Å².